The van der Waals surface area contributed by atoms with Gasteiger partial charge in [-0.25, -0.2) is 19.9 Å². The molecule has 0 radical (unpaired) electrons. The summed E-state index contributed by atoms with van der Waals surface area (Å²) in [5.74, 6) is 1.90. The number of aliphatic imine (C=N–C) groups is 1. The van der Waals surface area contributed by atoms with Gasteiger partial charge in [0.1, 0.15) is 0 Å². The molecule has 0 aliphatic rings. The number of nitrogens with one attached hydrogen (secondary N) is 1. The molecule has 48 heavy (non-hydrogen) atoms. The third kappa shape index (κ3) is 5.77. The van der Waals surface area contributed by atoms with Crippen molar-refractivity contribution < 1.29 is 0 Å². The molecule has 5 nitrogen and oxygen atoms in total. The van der Waals surface area contributed by atoms with Crippen molar-refractivity contribution in [2.45, 2.75) is 0 Å². The van der Waals surface area contributed by atoms with Gasteiger partial charge < -0.3 is 0 Å². The summed E-state index contributed by atoms with van der Waals surface area (Å²) < 4.78 is 0. The number of nitrogens with zero attached hydrogens (tertiary/aromatic N) is 4. The highest BCUT2D eigenvalue weighted by Gasteiger charge is 2.17. The van der Waals surface area contributed by atoms with E-state index in [1.54, 1.807) is 0 Å². The van der Waals surface area contributed by atoms with Gasteiger partial charge in [0.2, 0.25) is 0 Å². The van der Waals surface area contributed by atoms with Gasteiger partial charge in [-0.3, -0.25) is 5.41 Å². The van der Waals surface area contributed by atoms with Crippen LogP contribution < -0.4 is 0 Å². The fourth-order valence-electron chi connectivity index (χ4n) is 5.98. The van der Waals surface area contributed by atoms with Gasteiger partial charge in [0.25, 0.3) is 0 Å². The second-order valence-electron chi connectivity index (χ2n) is 11.3. The van der Waals surface area contributed by atoms with E-state index in [0.717, 1.165) is 60.8 Å². The van der Waals surface area contributed by atoms with Gasteiger partial charge in [-0.1, -0.05) is 135 Å². The van der Waals surface area contributed by atoms with Crippen molar-refractivity contribution in [2.24, 2.45) is 4.99 Å². The number of fused-ring (bicyclic) bond motifs is 1. The molecule has 0 amide bonds. The minimum atomic E-state index is 0.133. The van der Waals surface area contributed by atoms with E-state index in [9.17, 15) is 0 Å². The third-order valence-corrected chi connectivity index (χ3v) is 8.39. The molecule has 7 rings (SSSR count). The van der Waals surface area contributed by atoms with Crippen LogP contribution in [0.25, 0.3) is 79.3 Å². The molecule has 228 valence electrons. The quantitative estimate of drug-likeness (QED) is 0.136. The lowest BCUT2D eigenvalue weighted by Gasteiger charge is -2.16. The smallest absolute Gasteiger partial charge is 0.164 e. The zero-order chi connectivity index (χ0) is 33.0. The topological polar surface area (TPSA) is 74.9 Å². The fraction of sp³-hybridized carbons (Fsp3) is 0. The van der Waals surface area contributed by atoms with Crippen molar-refractivity contribution >= 4 is 35.5 Å². The molecule has 6 aromatic carbocycles. The van der Waals surface area contributed by atoms with Gasteiger partial charge in [0.05, 0.1) is 0 Å². The molecule has 1 N–H and O–H groups in total. The molecular weight excluding hydrogens is 587 g/mol. The second kappa shape index (κ2) is 13.0. The van der Waals surface area contributed by atoms with E-state index >= 15 is 0 Å². The van der Waals surface area contributed by atoms with Crippen LogP contribution in [0.5, 0.6) is 0 Å². The Kier molecular flexibility index (Phi) is 8.17. The minimum absolute atomic E-state index is 0.133. The number of aromatic nitrogens is 3. The first-order valence-electron chi connectivity index (χ1n) is 15.6. The monoisotopic (exact) mass is 617 g/mol. The zero-order valence-electron chi connectivity index (χ0n) is 26.3. The van der Waals surface area contributed by atoms with Crippen molar-refractivity contribution in [1.29, 1.82) is 5.41 Å². The molecule has 7 aromatic rings. The van der Waals surface area contributed by atoms with E-state index in [0.29, 0.717) is 23.0 Å². The molecule has 0 spiro atoms. The Bertz CT molecular complexity index is 2280. The average Bonchev–Trinajstić information content (AvgIpc) is 3.17. The molecule has 0 saturated heterocycles. The number of hydrogen-bond donors (Lipinski definition) is 1. The van der Waals surface area contributed by atoms with Crippen molar-refractivity contribution in [1.82, 2.24) is 15.0 Å². The maximum atomic E-state index is 8.11. The van der Waals surface area contributed by atoms with Crippen LogP contribution in [0.1, 0.15) is 16.7 Å². The predicted octanol–water partition coefficient (Wildman–Crippen LogP) is 10.7. The number of amidine groups is 1. The standard InChI is InChI=1S/C43H31N5/c1-4-28-27-39(38-19-13-12-18-37(38)36(28)5-2)34-24-33(29-20-22-30(23-21-29)40(44)45-3)25-35(26-34)43-47-41(31-14-8-6-9-15-31)46-42(48-43)32-16-10-7-11-17-32/h4-27,44H,1-3H2. The first kappa shape index (κ1) is 30.1. The van der Waals surface area contributed by atoms with Crippen LogP contribution in [0.4, 0.5) is 0 Å². The first-order chi connectivity index (χ1) is 23.6. The lowest BCUT2D eigenvalue weighted by atomic mass is 9.89. The van der Waals surface area contributed by atoms with Crippen LogP contribution >= 0.6 is 0 Å². The van der Waals surface area contributed by atoms with Crippen LogP contribution in [0, 0.1) is 5.41 Å². The summed E-state index contributed by atoms with van der Waals surface area (Å²) in [7, 11) is 0. The fourth-order valence-corrected chi connectivity index (χ4v) is 5.98. The van der Waals surface area contributed by atoms with Gasteiger partial charge in [-0.05, 0) is 75.1 Å². The van der Waals surface area contributed by atoms with E-state index in [-0.39, 0.29) is 5.84 Å². The molecule has 0 aliphatic carbocycles. The van der Waals surface area contributed by atoms with Crippen molar-refractivity contribution in [2.75, 3.05) is 0 Å². The Morgan fingerprint density at radius 3 is 1.60 bits per heavy atom. The van der Waals surface area contributed by atoms with Crippen LogP contribution in [-0.4, -0.2) is 27.5 Å². The van der Waals surface area contributed by atoms with Crippen molar-refractivity contribution in [3.05, 3.63) is 163 Å². The Balaban J connectivity index is 1.51. The molecule has 0 saturated carbocycles. The summed E-state index contributed by atoms with van der Waals surface area (Å²) in [5.41, 5.74) is 9.44. The van der Waals surface area contributed by atoms with Gasteiger partial charge in [-0.15, -0.1) is 0 Å². The molecule has 0 unspecified atom stereocenters. The maximum Gasteiger partial charge on any atom is 0.164 e. The van der Waals surface area contributed by atoms with Crippen LogP contribution in [0.2, 0.25) is 0 Å². The Labute approximate surface area is 279 Å². The molecule has 0 atom stereocenters. The normalized spacial score (nSPS) is 10.8. The molecule has 1 aromatic heterocycles. The van der Waals surface area contributed by atoms with E-state index in [2.05, 4.69) is 67.3 Å². The van der Waals surface area contributed by atoms with E-state index in [1.807, 2.05) is 103 Å². The molecule has 1 heterocycles. The Morgan fingerprint density at radius 1 is 0.521 bits per heavy atom. The molecule has 5 heteroatoms. The highest BCUT2D eigenvalue weighted by Crippen LogP contribution is 2.39. The lowest BCUT2D eigenvalue weighted by molar-refractivity contribution is 1.07. The summed E-state index contributed by atoms with van der Waals surface area (Å²) >= 11 is 0. The molecule has 0 bridgehead atoms. The zero-order valence-corrected chi connectivity index (χ0v) is 26.3. The highest BCUT2D eigenvalue weighted by atomic mass is 15.0. The van der Waals surface area contributed by atoms with Crippen molar-refractivity contribution in [3.63, 3.8) is 0 Å². The summed E-state index contributed by atoms with van der Waals surface area (Å²) in [6.45, 7) is 11.7. The highest BCUT2D eigenvalue weighted by molar-refractivity contribution is 6.04. The van der Waals surface area contributed by atoms with E-state index in [1.165, 1.54) is 0 Å². The largest absolute Gasteiger partial charge is 0.282 e. The average molecular weight is 618 g/mol. The Morgan fingerprint density at radius 2 is 1.04 bits per heavy atom. The predicted molar refractivity (Wildman–Crippen MR) is 201 cm³/mol. The van der Waals surface area contributed by atoms with Gasteiger partial charge >= 0.3 is 0 Å². The van der Waals surface area contributed by atoms with Crippen molar-refractivity contribution in [3.8, 4) is 56.4 Å². The third-order valence-electron chi connectivity index (χ3n) is 8.39. The lowest BCUT2D eigenvalue weighted by Crippen LogP contribution is -2.00. The number of benzene rings is 6. The summed E-state index contributed by atoms with van der Waals surface area (Å²) in [6, 6.07) is 44.8. The first-order valence-corrected chi connectivity index (χ1v) is 15.6. The Hall–Kier alpha value is -6.59. The summed E-state index contributed by atoms with van der Waals surface area (Å²) in [4.78, 5) is 18.8. The van der Waals surface area contributed by atoms with E-state index < -0.39 is 0 Å². The van der Waals surface area contributed by atoms with E-state index in [4.69, 9.17) is 20.4 Å². The van der Waals surface area contributed by atoms with Gasteiger partial charge in [0, 0.05) is 22.3 Å². The SMILES string of the molecule is C=Cc1cc(-c2cc(-c3ccc(C(=N)N=C)cc3)cc(-c3nc(-c4ccccc4)nc(-c4ccccc4)n3)c2)c2ccccc2c1C=C. The van der Waals surface area contributed by atoms with Crippen LogP contribution in [0.3, 0.4) is 0 Å². The number of hydrogen-bond acceptors (Lipinski definition) is 4. The molecule has 0 fully saturated rings. The second-order valence-corrected chi connectivity index (χ2v) is 11.3. The maximum absolute atomic E-state index is 8.11. The van der Waals surface area contributed by atoms with Gasteiger partial charge in [-0.2, -0.15) is 0 Å². The van der Waals surface area contributed by atoms with Crippen LogP contribution in [-0.2, 0) is 0 Å². The summed E-state index contributed by atoms with van der Waals surface area (Å²) in [5, 5.41) is 10.3. The molecule has 0 aliphatic heterocycles. The number of rotatable bonds is 8. The minimum Gasteiger partial charge on any atom is -0.282 e. The molecular formula is C43H31N5. The van der Waals surface area contributed by atoms with Gasteiger partial charge in [0.15, 0.2) is 23.3 Å². The van der Waals surface area contributed by atoms with Crippen LogP contribution in [0.15, 0.2) is 152 Å². The summed E-state index contributed by atoms with van der Waals surface area (Å²) in [6.07, 6.45) is 3.77.